The zero-order valence-corrected chi connectivity index (χ0v) is 18.5. The fourth-order valence-corrected chi connectivity index (χ4v) is 5.69. The van der Waals surface area contributed by atoms with Crippen LogP contribution in [0.15, 0.2) is 53.4 Å². The first-order valence-corrected chi connectivity index (χ1v) is 11.7. The highest BCUT2D eigenvalue weighted by Gasteiger charge is 2.53. The molecule has 0 aromatic heterocycles. The van der Waals surface area contributed by atoms with Crippen LogP contribution in [0.3, 0.4) is 0 Å². The summed E-state index contributed by atoms with van der Waals surface area (Å²) in [6.45, 7) is 3.34. The molecule has 6 nitrogen and oxygen atoms in total. The number of hydrogen-bond donors (Lipinski definition) is 1. The maximum Gasteiger partial charge on any atom is 0.461 e. The van der Waals surface area contributed by atoms with Crippen LogP contribution in [0.4, 0.5) is 17.6 Å². The molecule has 0 radical (unpaired) electrons. The number of halogens is 4. The molecular weight excluding hydrogens is 466 g/mol. The minimum atomic E-state index is -4.62. The Bertz CT molecular complexity index is 1080. The lowest BCUT2D eigenvalue weighted by molar-refractivity contribution is -0.253. The Hall–Kier alpha value is -2.66. The predicted molar refractivity (Wildman–Crippen MR) is 112 cm³/mol. The van der Waals surface area contributed by atoms with Gasteiger partial charge >= 0.3 is 18.5 Å². The number of benzene rings is 2. The highest BCUT2D eigenvalue weighted by Crippen LogP contribution is 2.37. The molecule has 0 unspecified atom stereocenters. The number of ether oxygens (including phenoxy) is 1. The number of nitrogens with zero attached hydrogens (tertiary/aromatic N) is 1. The maximum atomic E-state index is 13.3. The Balaban J connectivity index is 1.82. The second-order valence-electron chi connectivity index (χ2n) is 7.75. The van der Waals surface area contributed by atoms with Crippen molar-refractivity contribution in [2.24, 2.45) is 0 Å². The average molecular weight is 489 g/mol. The molecule has 0 saturated carbocycles. The van der Waals surface area contributed by atoms with Gasteiger partial charge in [-0.2, -0.15) is 17.6 Å². The molecule has 33 heavy (non-hydrogen) atoms. The summed E-state index contributed by atoms with van der Waals surface area (Å²) in [6, 6.07) is 10.4. The number of sulfone groups is 1. The van der Waals surface area contributed by atoms with Crippen molar-refractivity contribution in [3.8, 4) is 16.9 Å². The van der Waals surface area contributed by atoms with Gasteiger partial charge in [-0.05, 0) is 54.8 Å². The van der Waals surface area contributed by atoms with Crippen molar-refractivity contribution in [1.82, 2.24) is 4.90 Å². The van der Waals surface area contributed by atoms with E-state index in [4.69, 9.17) is 0 Å². The van der Waals surface area contributed by atoms with Gasteiger partial charge in [0.2, 0.25) is 0 Å². The van der Waals surface area contributed by atoms with Crippen molar-refractivity contribution >= 4 is 15.8 Å². The number of alkyl halides is 4. The number of carboxylic acids is 1. The van der Waals surface area contributed by atoms with Crippen molar-refractivity contribution in [1.29, 1.82) is 0 Å². The van der Waals surface area contributed by atoms with E-state index in [0.29, 0.717) is 30.8 Å². The molecule has 2 aromatic carbocycles. The van der Waals surface area contributed by atoms with E-state index in [9.17, 15) is 35.9 Å². The molecular formula is C22H23F4NO5S. The number of hydrogen-bond acceptors (Lipinski definition) is 5. The Kier molecular flexibility index (Phi) is 7.04. The molecule has 11 heteroatoms. The van der Waals surface area contributed by atoms with E-state index in [1.54, 1.807) is 0 Å². The number of likely N-dealkylation sites (tertiary alicyclic amines) is 1. The quantitative estimate of drug-likeness (QED) is 0.557. The average Bonchev–Trinajstić information content (AvgIpc) is 2.79. The van der Waals surface area contributed by atoms with E-state index in [1.807, 2.05) is 11.8 Å². The predicted octanol–water partition coefficient (Wildman–Crippen LogP) is 4.30. The molecule has 180 valence electrons. The third-order valence-electron chi connectivity index (χ3n) is 5.88. The molecule has 1 saturated heterocycles. The van der Waals surface area contributed by atoms with Crippen LogP contribution in [0.5, 0.6) is 5.75 Å². The monoisotopic (exact) mass is 489 g/mol. The largest absolute Gasteiger partial charge is 0.480 e. The Morgan fingerprint density at radius 2 is 1.55 bits per heavy atom. The van der Waals surface area contributed by atoms with Gasteiger partial charge < -0.3 is 14.7 Å². The molecule has 0 spiro atoms. The lowest BCUT2D eigenvalue weighted by atomic mass is 9.96. The molecule has 1 aliphatic rings. The molecule has 1 aliphatic heterocycles. The van der Waals surface area contributed by atoms with Crippen LogP contribution < -0.4 is 4.74 Å². The van der Waals surface area contributed by atoms with E-state index >= 15 is 0 Å². The van der Waals surface area contributed by atoms with Gasteiger partial charge in [-0.3, -0.25) is 4.79 Å². The summed E-state index contributed by atoms with van der Waals surface area (Å²) < 4.78 is 79.2. The smallest absolute Gasteiger partial charge is 0.461 e. The molecule has 0 atom stereocenters. The molecule has 1 N–H and O–H groups in total. The summed E-state index contributed by atoms with van der Waals surface area (Å²) in [5.41, 5.74) is 1.02. The van der Waals surface area contributed by atoms with Crippen molar-refractivity contribution in [3.05, 3.63) is 48.5 Å². The van der Waals surface area contributed by atoms with Gasteiger partial charge in [0.05, 0.1) is 4.90 Å². The summed E-state index contributed by atoms with van der Waals surface area (Å²) >= 11 is 0. The van der Waals surface area contributed by atoms with Gasteiger partial charge in [-0.1, -0.05) is 31.2 Å². The first-order valence-electron chi connectivity index (χ1n) is 10.2. The van der Waals surface area contributed by atoms with Crippen molar-refractivity contribution < 1.29 is 40.6 Å². The number of rotatable bonds is 8. The maximum absolute atomic E-state index is 13.3. The van der Waals surface area contributed by atoms with Gasteiger partial charge in [0.1, 0.15) is 5.75 Å². The van der Waals surface area contributed by atoms with Crippen LogP contribution in [0, 0.1) is 0 Å². The first kappa shape index (κ1) is 25.0. The second-order valence-corrected chi connectivity index (χ2v) is 10.0. The minimum Gasteiger partial charge on any atom is -0.480 e. The highest BCUT2D eigenvalue weighted by molar-refractivity contribution is 7.93. The Morgan fingerprint density at radius 1 is 1.06 bits per heavy atom. The minimum absolute atomic E-state index is 0.0228. The SMILES string of the molecule is CCN1CCC(C(=O)O)(S(=O)(=O)c2ccc(-c3ccc(OC(F)(F)C(F)F)cc3)cc2)CC1. The fourth-order valence-electron chi connectivity index (χ4n) is 3.80. The normalized spacial score (nSPS) is 17.2. The first-order chi connectivity index (χ1) is 15.4. The third kappa shape index (κ3) is 4.84. The van der Waals surface area contributed by atoms with Crippen molar-refractivity contribution in [2.75, 3.05) is 19.6 Å². The summed E-state index contributed by atoms with van der Waals surface area (Å²) in [5.74, 6) is -1.83. The number of aliphatic carboxylic acids is 1. The van der Waals surface area contributed by atoms with Gasteiger partial charge in [0.25, 0.3) is 0 Å². The standard InChI is InChI=1S/C22H23F4NO5S/c1-2-27-13-11-21(12-14-27,20(28)29)33(30,31)18-9-5-16(6-10-18)15-3-7-17(8-4-15)32-22(25,26)19(23)24/h3-10,19H,2,11-14H2,1H3,(H,28,29). The molecule has 0 bridgehead atoms. The van der Waals surface area contributed by atoms with Crippen LogP contribution >= 0.6 is 0 Å². The van der Waals surface area contributed by atoms with E-state index < -0.39 is 38.8 Å². The van der Waals surface area contributed by atoms with Crippen molar-refractivity contribution in [3.63, 3.8) is 0 Å². The molecule has 3 rings (SSSR count). The van der Waals surface area contributed by atoms with Gasteiger partial charge in [-0.15, -0.1) is 0 Å². The lowest BCUT2D eigenvalue weighted by Crippen LogP contribution is -2.54. The molecule has 0 amide bonds. The highest BCUT2D eigenvalue weighted by atomic mass is 32.2. The summed E-state index contributed by atoms with van der Waals surface area (Å²) in [4.78, 5) is 13.9. The van der Waals surface area contributed by atoms with E-state index in [2.05, 4.69) is 4.74 Å². The molecule has 0 aliphatic carbocycles. The van der Waals surface area contributed by atoms with Crippen LogP contribution in [0.25, 0.3) is 11.1 Å². The number of piperidine rings is 1. The Labute approximate surface area is 188 Å². The molecule has 1 fully saturated rings. The summed E-state index contributed by atoms with van der Waals surface area (Å²) in [7, 11) is -4.19. The second kappa shape index (κ2) is 9.30. The van der Waals surface area contributed by atoms with Gasteiger partial charge in [-0.25, -0.2) is 8.42 Å². The zero-order chi connectivity index (χ0) is 24.4. The van der Waals surface area contributed by atoms with Gasteiger partial charge in [0, 0.05) is 13.1 Å². The van der Waals surface area contributed by atoms with Crippen LogP contribution in [-0.2, 0) is 14.6 Å². The van der Waals surface area contributed by atoms with E-state index in [1.165, 1.54) is 36.4 Å². The molecule has 2 aromatic rings. The van der Waals surface area contributed by atoms with Gasteiger partial charge in [0.15, 0.2) is 14.6 Å². The van der Waals surface area contributed by atoms with Crippen LogP contribution in [0.2, 0.25) is 0 Å². The summed E-state index contributed by atoms with van der Waals surface area (Å²) in [5, 5.41) is 9.81. The van der Waals surface area contributed by atoms with E-state index in [0.717, 1.165) is 12.1 Å². The molecule has 1 heterocycles. The Morgan fingerprint density at radius 3 is 1.97 bits per heavy atom. The number of carboxylic acid groups (broad SMARTS) is 1. The fraction of sp³-hybridized carbons (Fsp3) is 0.409. The van der Waals surface area contributed by atoms with Crippen molar-refractivity contribution in [2.45, 2.75) is 41.9 Å². The summed E-state index contributed by atoms with van der Waals surface area (Å²) in [6.07, 6.45) is -8.64. The van der Waals surface area contributed by atoms with E-state index in [-0.39, 0.29) is 17.7 Å². The number of carbonyl (C=O) groups is 1. The third-order valence-corrected chi connectivity index (χ3v) is 8.38. The zero-order valence-electron chi connectivity index (χ0n) is 17.7. The topological polar surface area (TPSA) is 83.9 Å². The lowest BCUT2D eigenvalue weighted by Gasteiger charge is -2.37. The van der Waals surface area contributed by atoms with Crippen LogP contribution in [0.1, 0.15) is 19.8 Å². The van der Waals surface area contributed by atoms with Crippen LogP contribution in [-0.4, -0.2) is 61.3 Å².